The zero-order valence-electron chi connectivity index (χ0n) is 16.1. The van der Waals surface area contributed by atoms with Gasteiger partial charge in [-0.05, 0) is 31.0 Å². The second kappa shape index (κ2) is 7.01. The fourth-order valence-electron chi connectivity index (χ4n) is 3.78. The van der Waals surface area contributed by atoms with Crippen LogP contribution in [0, 0.1) is 18.6 Å². The summed E-state index contributed by atoms with van der Waals surface area (Å²) in [6.07, 6.45) is 8.11. The maximum Gasteiger partial charge on any atom is 0.257 e. The lowest BCUT2D eigenvalue weighted by Crippen LogP contribution is -2.40. The Morgan fingerprint density at radius 2 is 2.10 bits per heavy atom. The van der Waals surface area contributed by atoms with Crippen LogP contribution in [0.4, 0.5) is 8.78 Å². The van der Waals surface area contributed by atoms with E-state index in [2.05, 4.69) is 20.4 Å². The monoisotopic (exact) mass is 408 g/mol. The molecule has 0 fully saturated rings. The van der Waals surface area contributed by atoms with Crippen molar-refractivity contribution in [1.29, 1.82) is 0 Å². The van der Waals surface area contributed by atoms with Gasteiger partial charge in [-0.2, -0.15) is 5.10 Å². The first-order chi connectivity index (χ1) is 14.5. The van der Waals surface area contributed by atoms with E-state index in [1.54, 1.807) is 16.9 Å². The highest BCUT2D eigenvalue weighted by Gasteiger charge is 2.24. The summed E-state index contributed by atoms with van der Waals surface area (Å²) in [5.74, 6) is -0.696. The molecule has 152 valence electrons. The molecule has 3 aromatic heterocycles. The lowest BCUT2D eigenvalue weighted by Gasteiger charge is -2.24. The lowest BCUT2D eigenvalue weighted by atomic mass is 10.1. The fraction of sp³-hybridized carbons (Fsp3) is 0.238. The van der Waals surface area contributed by atoms with E-state index in [1.807, 2.05) is 17.7 Å². The van der Waals surface area contributed by atoms with Crippen LogP contribution in [0.5, 0.6) is 0 Å². The molecule has 30 heavy (non-hydrogen) atoms. The number of hydrogen-bond acceptors (Lipinski definition) is 4. The highest BCUT2D eigenvalue weighted by Crippen LogP contribution is 2.25. The molecule has 1 aliphatic heterocycles. The maximum absolute atomic E-state index is 14.1. The van der Waals surface area contributed by atoms with Crippen LogP contribution in [0.3, 0.4) is 0 Å². The Morgan fingerprint density at radius 1 is 1.23 bits per heavy atom. The average Bonchev–Trinajstić information content (AvgIpc) is 3.31. The molecular weight excluding hydrogens is 390 g/mol. The Kier molecular flexibility index (Phi) is 4.30. The molecule has 7 nitrogen and oxygen atoms in total. The molecule has 0 spiro atoms. The molecule has 0 bridgehead atoms. The molecule has 1 aliphatic rings. The predicted molar refractivity (Wildman–Crippen MR) is 105 cm³/mol. The number of aryl methyl sites for hydroxylation is 2. The number of fused-ring (bicyclic) bond motifs is 2. The number of imidazole rings is 1. The van der Waals surface area contributed by atoms with Crippen LogP contribution in [0.15, 0.2) is 43.0 Å². The smallest absolute Gasteiger partial charge is 0.257 e. The van der Waals surface area contributed by atoms with Gasteiger partial charge in [0.1, 0.15) is 23.0 Å². The van der Waals surface area contributed by atoms with Gasteiger partial charge in [-0.3, -0.25) is 4.79 Å². The second-order valence-electron chi connectivity index (χ2n) is 7.49. The summed E-state index contributed by atoms with van der Waals surface area (Å²) in [6.45, 7) is 2.42. The van der Waals surface area contributed by atoms with Crippen molar-refractivity contribution in [2.75, 3.05) is 0 Å². The minimum absolute atomic E-state index is 0.106. The van der Waals surface area contributed by atoms with E-state index in [0.717, 1.165) is 17.5 Å². The normalized spacial score (nSPS) is 15.9. The van der Waals surface area contributed by atoms with E-state index in [0.29, 0.717) is 36.3 Å². The van der Waals surface area contributed by atoms with Crippen LogP contribution in [0.1, 0.15) is 28.2 Å². The number of nitrogens with zero attached hydrogens (tertiary/aromatic N) is 5. The van der Waals surface area contributed by atoms with Gasteiger partial charge in [-0.25, -0.2) is 23.3 Å². The van der Waals surface area contributed by atoms with Crippen molar-refractivity contribution in [3.63, 3.8) is 0 Å². The highest BCUT2D eigenvalue weighted by atomic mass is 19.1. The Morgan fingerprint density at radius 3 is 2.93 bits per heavy atom. The van der Waals surface area contributed by atoms with Crippen LogP contribution < -0.4 is 5.32 Å². The van der Waals surface area contributed by atoms with E-state index in [4.69, 9.17) is 0 Å². The number of hydrogen-bond donors (Lipinski definition) is 1. The molecule has 1 unspecified atom stereocenters. The third kappa shape index (κ3) is 3.22. The number of amides is 1. The summed E-state index contributed by atoms with van der Waals surface area (Å²) in [5.41, 5.74) is 2.58. The van der Waals surface area contributed by atoms with Crippen LogP contribution >= 0.6 is 0 Å². The van der Waals surface area contributed by atoms with Crippen molar-refractivity contribution in [1.82, 2.24) is 29.5 Å². The van der Waals surface area contributed by atoms with E-state index in [-0.39, 0.29) is 17.5 Å². The first-order valence-corrected chi connectivity index (χ1v) is 9.60. The van der Waals surface area contributed by atoms with Crippen molar-refractivity contribution < 1.29 is 13.6 Å². The van der Waals surface area contributed by atoms with Crippen molar-refractivity contribution in [2.45, 2.75) is 32.4 Å². The summed E-state index contributed by atoms with van der Waals surface area (Å²) >= 11 is 0. The van der Waals surface area contributed by atoms with Crippen molar-refractivity contribution in [2.24, 2.45) is 0 Å². The topological polar surface area (TPSA) is 77.1 Å². The van der Waals surface area contributed by atoms with E-state index >= 15 is 0 Å². The lowest BCUT2D eigenvalue weighted by molar-refractivity contribution is 0.0929. The number of nitrogens with one attached hydrogen (secondary N) is 1. The molecule has 9 heteroatoms. The summed E-state index contributed by atoms with van der Waals surface area (Å²) in [6, 6.07) is 3.34. The first-order valence-electron chi connectivity index (χ1n) is 9.60. The van der Waals surface area contributed by atoms with Gasteiger partial charge >= 0.3 is 0 Å². The molecule has 0 saturated carbocycles. The summed E-state index contributed by atoms with van der Waals surface area (Å²) in [7, 11) is 0. The van der Waals surface area contributed by atoms with Crippen LogP contribution in [-0.4, -0.2) is 36.1 Å². The third-order valence-electron chi connectivity index (χ3n) is 5.27. The molecule has 0 saturated heterocycles. The standard InChI is InChI=1S/C21H18F2N6O/c1-12-7-24-20-16(8-25-29(20)9-12)21(30)26-14-3-5-19-27-18(11-28(19)10-14)15-4-2-13(22)6-17(15)23/h2,4,6-9,11,14H,3,5,10H2,1H3,(H,26,30). The van der Waals surface area contributed by atoms with Gasteiger partial charge in [0.25, 0.3) is 5.91 Å². The zero-order valence-corrected chi connectivity index (χ0v) is 16.1. The van der Waals surface area contributed by atoms with Gasteiger partial charge in [-0.15, -0.1) is 0 Å². The summed E-state index contributed by atoms with van der Waals surface area (Å²) in [5, 5.41) is 7.23. The van der Waals surface area contributed by atoms with Crippen LogP contribution in [0.25, 0.3) is 16.9 Å². The molecule has 1 atom stereocenters. The van der Waals surface area contributed by atoms with Crippen molar-refractivity contribution in [3.05, 3.63) is 71.6 Å². The zero-order chi connectivity index (χ0) is 20.8. The van der Waals surface area contributed by atoms with Gasteiger partial charge < -0.3 is 9.88 Å². The summed E-state index contributed by atoms with van der Waals surface area (Å²) in [4.78, 5) is 21.6. The number of aromatic nitrogens is 5. The van der Waals surface area contributed by atoms with Crippen LogP contribution in [0.2, 0.25) is 0 Å². The maximum atomic E-state index is 14.1. The number of carbonyl (C=O) groups is 1. The summed E-state index contributed by atoms with van der Waals surface area (Å²) < 4.78 is 30.8. The number of halogens is 2. The molecule has 4 heterocycles. The fourth-order valence-corrected chi connectivity index (χ4v) is 3.78. The molecule has 4 aromatic rings. The van der Waals surface area contributed by atoms with E-state index < -0.39 is 11.6 Å². The van der Waals surface area contributed by atoms with Crippen molar-refractivity contribution >= 4 is 11.6 Å². The molecule has 5 rings (SSSR count). The average molecular weight is 408 g/mol. The highest BCUT2D eigenvalue weighted by molar-refractivity contribution is 5.99. The SMILES string of the molecule is Cc1cnc2c(C(=O)NC3CCc4nc(-c5ccc(F)cc5F)cn4C3)cnn2c1. The second-order valence-corrected chi connectivity index (χ2v) is 7.49. The largest absolute Gasteiger partial charge is 0.347 e. The van der Waals surface area contributed by atoms with Gasteiger partial charge in [-0.1, -0.05) is 0 Å². The predicted octanol–water partition coefficient (Wildman–Crippen LogP) is 2.92. The van der Waals surface area contributed by atoms with Gasteiger partial charge in [0.2, 0.25) is 0 Å². The van der Waals surface area contributed by atoms with Gasteiger partial charge in [0.05, 0.1) is 11.9 Å². The Labute approximate surface area is 170 Å². The number of benzene rings is 1. The van der Waals surface area contributed by atoms with Gasteiger partial charge in [0, 0.05) is 49.2 Å². The molecule has 1 N–H and O–H groups in total. The quantitative estimate of drug-likeness (QED) is 0.566. The molecule has 1 aromatic carbocycles. The molecule has 0 aliphatic carbocycles. The van der Waals surface area contributed by atoms with E-state index in [9.17, 15) is 13.6 Å². The number of carbonyl (C=O) groups excluding carboxylic acids is 1. The minimum atomic E-state index is -0.647. The molecular formula is C21H18F2N6O. The first kappa shape index (κ1) is 18.4. The molecule has 0 radical (unpaired) electrons. The van der Waals surface area contributed by atoms with Gasteiger partial charge in [0.15, 0.2) is 5.65 Å². The van der Waals surface area contributed by atoms with Crippen LogP contribution in [-0.2, 0) is 13.0 Å². The number of rotatable bonds is 3. The third-order valence-corrected chi connectivity index (χ3v) is 5.27. The molecule has 1 amide bonds. The minimum Gasteiger partial charge on any atom is -0.347 e. The van der Waals surface area contributed by atoms with E-state index in [1.165, 1.54) is 18.3 Å². The Bertz CT molecular complexity index is 1280. The Hall–Kier alpha value is -3.62. The Balaban J connectivity index is 1.34. The van der Waals surface area contributed by atoms with Crippen molar-refractivity contribution in [3.8, 4) is 11.3 Å².